The molecule has 3 nitrogen and oxygen atoms in total. The van der Waals surface area contributed by atoms with E-state index in [-0.39, 0.29) is 5.78 Å². The lowest BCUT2D eigenvalue weighted by molar-refractivity contribution is 0.0754. The standard InChI is InChI=1S/C9H13NO2S/c1-6-3-4-13-9(6)8(12)7(11)5-10-2/h3-4,7,10-11H,5H2,1-2H3. The number of thiophene rings is 1. The number of nitrogens with one attached hydrogen (secondary N) is 1. The molecule has 0 saturated heterocycles. The van der Waals surface area contributed by atoms with Gasteiger partial charge in [0.25, 0.3) is 0 Å². The summed E-state index contributed by atoms with van der Waals surface area (Å²) in [5.41, 5.74) is 0.935. The summed E-state index contributed by atoms with van der Waals surface area (Å²) >= 11 is 1.37. The third kappa shape index (κ3) is 2.37. The maximum Gasteiger partial charge on any atom is 0.202 e. The topological polar surface area (TPSA) is 49.3 Å². The molecule has 0 amide bonds. The zero-order chi connectivity index (χ0) is 9.84. The van der Waals surface area contributed by atoms with Crippen molar-refractivity contribution in [2.24, 2.45) is 0 Å². The number of likely N-dealkylation sites (N-methyl/N-ethyl adjacent to an activating group) is 1. The SMILES string of the molecule is CNCC(O)C(=O)c1sccc1C. The summed E-state index contributed by atoms with van der Waals surface area (Å²) in [6, 6.07) is 1.88. The summed E-state index contributed by atoms with van der Waals surface area (Å²) in [5.74, 6) is -0.193. The maximum absolute atomic E-state index is 11.5. The first-order chi connectivity index (χ1) is 6.16. The number of aliphatic hydroxyl groups is 1. The number of aryl methyl sites for hydroxylation is 1. The first-order valence-corrected chi connectivity index (χ1v) is 4.95. The fourth-order valence-electron chi connectivity index (χ4n) is 1.06. The van der Waals surface area contributed by atoms with Crippen LogP contribution in [0, 0.1) is 6.92 Å². The van der Waals surface area contributed by atoms with Gasteiger partial charge in [0.15, 0.2) is 0 Å². The average Bonchev–Trinajstić information content (AvgIpc) is 2.50. The van der Waals surface area contributed by atoms with Crippen molar-refractivity contribution in [2.45, 2.75) is 13.0 Å². The lowest BCUT2D eigenvalue weighted by Gasteiger charge is -2.07. The molecule has 1 unspecified atom stereocenters. The second-order valence-electron chi connectivity index (χ2n) is 2.87. The van der Waals surface area contributed by atoms with Crippen molar-refractivity contribution < 1.29 is 9.90 Å². The van der Waals surface area contributed by atoms with Crippen LogP contribution in [0.25, 0.3) is 0 Å². The van der Waals surface area contributed by atoms with Crippen LogP contribution in [-0.2, 0) is 0 Å². The van der Waals surface area contributed by atoms with Crippen LogP contribution < -0.4 is 5.32 Å². The summed E-state index contributed by atoms with van der Waals surface area (Å²) in [6.07, 6.45) is -0.928. The highest BCUT2D eigenvalue weighted by atomic mass is 32.1. The van der Waals surface area contributed by atoms with Crippen molar-refractivity contribution in [1.82, 2.24) is 5.32 Å². The van der Waals surface area contributed by atoms with E-state index in [4.69, 9.17) is 0 Å². The molecule has 0 aliphatic carbocycles. The summed E-state index contributed by atoms with van der Waals surface area (Å²) in [7, 11) is 1.71. The van der Waals surface area contributed by atoms with Crippen LogP contribution in [0.4, 0.5) is 0 Å². The fraction of sp³-hybridized carbons (Fsp3) is 0.444. The molecule has 0 bridgehead atoms. The molecule has 0 saturated carbocycles. The van der Waals surface area contributed by atoms with E-state index in [9.17, 15) is 9.90 Å². The van der Waals surface area contributed by atoms with Crippen molar-refractivity contribution in [3.05, 3.63) is 21.9 Å². The Labute approximate surface area is 81.4 Å². The van der Waals surface area contributed by atoms with Gasteiger partial charge in [0.1, 0.15) is 6.10 Å². The predicted octanol–water partition coefficient (Wildman–Crippen LogP) is 0.820. The van der Waals surface area contributed by atoms with Gasteiger partial charge in [-0.15, -0.1) is 11.3 Å². The smallest absolute Gasteiger partial charge is 0.202 e. The molecule has 2 N–H and O–H groups in total. The van der Waals surface area contributed by atoms with E-state index in [0.717, 1.165) is 5.56 Å². The Bertz CT molecular complexity index is 296. The Morgan fingerprint density at radius 2 is 2.46 bits per heavy atom. The summed E-state index contributed by atoms with van der Waals surface area (Å²) in [4.78, 5) is 12.2. The summed E-state index contributed by atoms with van der Waals surface area (Å²) in [6.45, 7) is 2.17. The Balaban J connectivity index is 2.73. The zero-order valence-electron chi connectivity index (χ0n) is 7.70. The monoisotopic (exact) mass is 199 g/mol. The highest BCUT2D eigenvalue weighted by Gasteiger charge is 2.18. The van der Waals surface area contributed by atoms with Gasteiger partial charge in [0, 0.05) is 6.54 Å². The summed E-state index contributed by atoms with van der Waals surface area (Å²) in [5, 5.41) is 14.0. The first-order valence-electron chi connectivity index (χ1n) is 4.07. The minimum atomic E-state index is -0.928. The van der Waals surface area contributed by atoms with Crippen molar-refractivity contribution in [3.8, 4) is 0 Å². The summed E-state index contributed by atoms with van der Waals surface area (Å²) < 4.78 is 0. The Morgan fingerprint density at radius 1 is 1.77 bits per heavy atom. The highest BCUT2D eigenvalue weighted by molar-refractivity contribution is 7.12. The van der Waals surface area contributed by atoms with Gasteiger partial charge in [-0.1, -0.05) is 0 Å². The molecule has 13 heavy (non-hydrogen) atoms. The van der Waals surface area contributed by atoms with Crippen LogP contribution in [0.3, 0.4) is 0 Å². The predicted molar refractivity (Wildman–Crippen MR) is 53.3 cm³/mol. The second-order valence-corrected chi connectivity index (χ2v) is 3.79. The number of carbonyl (C=O) groups excluding carboxylic acids is 1. The van der Waals surface area contributed by atoms with E-state index < -0.39 is 6.10 Å². The van der Waals surface area contributed by atoms with Crippen molar-refractivity contribution >= 4 is 17.1 Å². The third-order valence-corrected chi connectivity index (χ3v) is 2.82. The second kappa shape index (κ2) is 4.50. The average molecular weight is 199 g/mol. The lowest BCUT2D eigenvalue weighted by atomic mass is 10.1. The van der Waals surface area contributed by atoms with E-state index >= 15 is 0 Å². The Kier molecular flexibility index (Phi) is 3.59. The van der Waals surface area contributed by atoms with E-state index in [2.05, 4.69) is 5.32 Å². The van der Waals surface area contributed by atoms with Gasteiger partial charge in [0.2, 0.25) is 5.78 Å². The van der Waals surface area contributed by atoms with Crippen LogP contribution in [0.5, 0.6) is 0 Å². The molecule has 1 aromatic heterocycles. The molecule has 1 rings (SSSR count). The van der Waals surface area contributed by atoms with Gasteiger partial charge in [-0.25, -0.2) is 0 Å². The lowest BCUT2D eigenvalue weighted by Crippen LogP contribution is -2.31. The van der Waals surface area contributed by atoms with Gasteiger partial charge < -0.3 is 10.4 Å². The molecule has 0 fully saturated rings. The van der Waals surface area contributed by atoms with E-state index in [1.54, 1.807) is 7.05 Å². The number of carbonyl (C=O) groups is 1. The van der Waals surface area contributed by atoms with Crippen molar-refractivity contribution in [2.75, 3.05) is 13.6 Å². The zero-order valence-corrected chi connectivity index (χ0v) is 8.52. The molecular formula is C9H13NO2S. The van der Waals surface area contributed by atoms with E-state index in [1.165, 1.54) is 11.3 Å². The number of hydrogen-bond donors (Lipinski definition) is 2. The number of ketones is 1. The number of hydrogen-bond acceptors (Lipinski definition) is 4. The maximum atomic E-state index is 11.5. The molecule has 1 aromatic rings. The largest absolute Gasteiger partial charge is 0.384 e. The Morgan fingerprint density at radius 3 is 2.92 bits per heavy atom. The fourth-order valence-corrected chi connectivity index (χ4v) is 1.98. The van der Waals surface area contributed by atoms with Crippen LogP contribution >= 0.6 is 11.3 Å². The van der Waals surface area contributed by atoms with Gasteiger partial charge in [-0.3, -0.25) is 4.79 Å². The van der Waals surface area contributed by atoms with Gasteiger partial charge in [-0.05, 0) is 31.0 Å². The highest BCUT2D eigenvalue weighted by Crippen LogP contribution is 2.17. The molecule has 1 atom stereocenters. The van der Waals surface area contributed by atoms with Crippen LogP contribution in [0.2, 0.25) is 0 Å². The molecule has 0 spiro atoms. The van der Waals surface area contributed by atoms with E-state index in [0.29, 0.717) is 11.4 Å². The van der Waals surface area contributed by atoms with Crippen LogP contribution in [-0.4, -0.2) is 30.6 Å². The number of Topliss-reactive ketones (excluding diaryl/α,β-unsaturated/α-hetero) is 1. The minimum Gasteiger partial charge on any atom is -0.384 e. The minimum absolute atomic E-state index is 0.193. The van der Waals surface area contributed by atoms with E-state index in [1.807, 2.05) is 18.4 Å². The van der Waals surface area contributed by atoms with Gasteiger partial charge >= 0.3 is 0 Å². The molecule has 4 heteroatoms. The van der Waals surface area contributed by atoms with Gasteiger partial charge in [0.05, 0.1) is 4.88 Å². The van der Waals surface area contributed by atoms with Crippen molar-refractivity contribution in [3.63, 3.8) is 0 Å². The number of aliphatic hydroxyl groups excluding tert-OH is 1. The molecule has 0 aliphatic rings. The number of rotatable bonds is 4. The Hall–Kier alpha value is -0.710. The van der Waals surface area contributed by atoms with Crippen molar-refractivity contribution in [1.29, 1.82) is 0 Å². The quantitative estimate of drug-likeness (QED) is 0.706. The van der Waals surface area contributed by atoms with Gasteiger partial charge in [-0.2, -0.15) is 0 Å². The normalized spacial score (nSPS) is 12.8. The first kappa shape index (κ1) is 10.4. The third-order valence-electron chi connectivity index (χ3n) is 1.79. The molecule has 0 aromatic carbocycles. The molecular weight excluding hydrogens is 186 g/mol. The van der Waals surface area contributed by atoms with Crippen LogP contribution in [0.15, 0.2) is 11.4 Å². The molecule has 0 radical (unpaired) electrons. The van der Waals surface area contributed by atoms with Crippen LogP contribution in [0.1, 0.15) is 15.2 Å². The molecule has 72 valence electrons. The molecule has 0 aliphatic heterocycles. The molecule has 1 heterocycles.